The molecule has 0 aliphatic heterocycles. The highest BCUT2D eigenvalue weighted by molar-refractivity contribution is 4.87. The van der Waals surface area contributed by atoms with Gasteiger partial charge in [-0.05, 0) is 32.6 Å². The third kappa shape index (κ3) is 3.56. The molecule has 1 unspecified atom stereocenters. The van der Waals surface area contributed by atoms with Gasteiger partial charge in [0.2, 0.25) is 0 Å². The Morgan fingerprint density at radius 1 is 1.36 bits per heavy atom. The van der Waals surface area contributed by atoms with E-state index >= 15 is 0 Å². The van der Waals surface area contributed by atoms with Crippen LogP contribution in [-0.4, -0.2) is 47.8 Å². The summed E-state index contributed by atoms with van der Waals surface area (Å²) in [5, 5.41) is 12.9. The molecule has 2 saturated carbocycles. The fourth-order valence-corrected chi connectivity index (χ4v) is 1.90. The molecule has 14 heavy (non-hydrogen) atoms. The fraction of sp³-hybridized carbons (Fsp3) is 1.00. The molecule has 2 N–H and O–H groups in total. The molecule has 0 radical (unpaired) electrons. The predicted octanol–water partition coefficient (Wildman–Crippen LogP) is 0.584. The summed E-state index contributed by atoms with van der Waals surface area (Å²) < 4.78 is 0. The summed E-state index contributed by atoms with van der Waals surface area (Å²) in [6.45, 7) is 4.92. The predicted molar refractivity (Wildman–Crippen MR) is 57.3 cm³/mol. The standard InChI is InChI=1S/C11H22N2O/c1-9(14)8-13(11-4-5-11)7-6-12-10-2-3-10/h9-12,14H,2-8H2,1H3. The number of aliphatic hydroxyl groups is 1. The van der Waals surface area contributed by atoms with Crippen molar-refractivity contribution in [2.75, 3.05) is 19.6 Å². The Labute approximate surface area is 86.5 Å². The maximum Gasteiger partial charge on any atom is 0.0639 e. The van der Waals surface area contributed by atoms with Crippen LogP contribution in [0.4, 0.5) is 0 Å². The first-order valence-corrected chi connectivity index (χ1v) is 5.91. The van der Waals surface area contributed by atoms with Gasteiger partial charge in [0.15, 0.2) is 0 Å². The first kappa shape index (κ1) is 10.4. The van der Waals surface area contributed by atoms with Gasteiger partial charge in [0.1, 0.15) is 0 Å². The van der Waals surface area contributed by atoms with E-state index in [1.165, 1.54) is 25.7 Å². The summed E-state index contributed by atoms with van der Waals surface area (Å²) in [4.78, 5) is 2.43. The number of hydrogen-bond donors (Lipinski definition) is 2. The maximum atomic E-state index is 9.36. The van der Waals surface area contributed by atoms with Crippen LogP contribution in [0.2, 0.25) is 0 Å². The van der Waals surface area contributed by atoms with Crippen LogP contribution in [0.5, 0.6) is 0 Å². The summed E-state index contributed by atoms with van der Waals surface area (Å²) in [6, 6.07) is 1.58. The number of rotatable bonds is 7. The van der Waals surface area contributed by atoms with E-state index in [0.29, 0.717) is 0 Å². The molecule has 3 nitrogen and oxygen atoms in total. The van der Waals surface area contributed by atoms with Crippen LogP contribution in [-0.2, 0) is 0 Å². The second-order valence-electron chi connectivity index (χ2n) is 4.80. The van der Waals surface area contributed by atoms with Gasteiger partial charge in [-0.3, -0.25) is 4.90 Å². The van der Waals surface area contributed by atoms with Gasteiger partial charge in [0.25, 0.3) is 0 Å². The average molecular weight is 198 g/mol. The van der Waals surface area contributed by atoms with Crippen LogP contribution in [0.1, 0.15) is 32.6 Å². The maximum absolute atomic E-state index is 9.36. The van der Waals surface area contributed by atoms with Gasteiger partial charge in [-0.15, -0.1) is 0 Å². The van der Waals surface area contributed by atoms with Crippen molar-refractivity contribution in [3.05, 3.63) is 0 Å². The smallest absolute Gasteiger partial charge is 0.0639 e. The Bertz CT molecular complexity index is 176. The average Bonchev–Trinajstić information content (AvgIpc) is 2.98. The molecule has 0 heterocycles. The minimum Gasteiger partial charge on any atom is -0.392 e. The van der Waals surface area contributed by atoms with Gasteiger partial charge in [0.05, 0.1) is 6.10 Å². The zero-order valence-electron chi connectivity index (χ0n) is 9.08. The lowest BCUT2D eigenvalue weighted by Gasteiger charge is -2.23. The topological polar surface area (TPSA) is 35.5 Å². The van der Waals surface area contributed by atoms with Gasteiger partial charge in [-0.25, -0.2) is 0 Å². The van der Waals surface area contributed by atoms with Crippen LogP contribution in [0.15, 0.2) is 0 Å². The molecule has 0 aromatic rings. The van der Waals surface area contributed by atoms with Crippen molar-refractivity contribution in [1.82, 2.24) is 10.2 Å². The summed E-state index contributed by atoms with van der Waals surface area (Å²) in [6.07, 6.45) is 5.20. The fourth-order valence-electron chi connectivity index (χ4n) is 1.90. The molecule has 0 aromatic carbocycles. The summed E-state index contributed by atoms with van der Waals surface area (Å²) in [7, 11) is 0. The Balaban J connectivity index is 1.61. The largest absolute Gasteiger partial charge is 0.392 e. The summed E-state index contributed by atoms with van der Waals surface area (Å²) in [5.74, 6) is 0. The molecule has 0 bridgehead atoms. The van der Waals surface area contributed by atoms with Crippen molar-refractivity contribution < 1.29 is 5.11 Å². The third-order valence-corrected chi connectivity index (χ3v) is 2.97. The summed E-state index contributed by atoms with van der Waals surface area (Å²) >= 11 is 0. The van der Waals surface area contributed by atoms with E-state index in [-0.39, 0.29) is 6.10 Å². The van der Waals surface area contributed by atoms with Crippen LogP contribution >= 0.6 is 0 Å². The normalized spacial score (nSPS) is 24.2. The third-order valence-electron chi connectivity index (χ3n) is 2.97. The molecule has 1 atom stereocenters. The highest BCUT2D eigenvalue weighted by atomic mass is 16.3. The van der Waals surface area contributed by atoms with Crippen molar-refractivity contribution in [3.8, 4) is 0 Å². The van der Waals surface area contributed by atoms with E-state index in [4.69, 9.17) is 0 Å². The SMILES string of the molecule is CC(O)CN(CCNC1CC1)C1CC1. The van der Waals surface area contributed by atoms with E-state index in [1.807, 2.05) is 6.92 Å². The summed E-state index contributed by atoms with van der Waals surface area (Å²) in [5.41, 5.74) is 0. The first-order valence-electron chi connectivity index (χ1n) is 5.91. The lowest BCUT2D eigenvalue weighted by molar-refractivity contribution is 0.122. The molecule has 2 aliphatic carbocycles. The van der Waals surface area contributed by atoms with E-state index in [0.717, 1.165) is 31.7 Å². The second-order valence-corrected chi connectivity index (χ2v) is 4.80. The molecule has 0 saturated heterocycles. The van der Waals surface area contributed by atoms with Crippen LogP contribution in [0.3, 0.4) is 0 Å². The molecule has 0 spiro atoms. The number of hydrogen-bond acceptors (Lipinski definition) is 3. The van der Waals surface area contributed by atoms with Gasteiger partial charge < -0.3 is 10.4 Å². The van der Waals surface area contributed by atoms with Crippen molar-refractivity contribution >= 4 is 0 Å². The quantitative estimate of drug-likeness (QED) is 0.628. The molecule has 2 aliphatic rings. The van der Waals surface area contributed by atoms with Gasteiger partial charge in [-0.2, -0.15) is 0 Å². The second kappa shape index (κ2) is 4.60. The highest BCUT2D eigenvalue weighted by Gasteiger charge is 2.29. The number of aliphatic hydroxyl groups excluding tert-OH is 1. The van der Waals surface area contributed by atoms with E-state index in [2.05, 4.69) is 10.2 Å². The Morgan fingerprint density at radius 2 is 2.07 bits per heavy atom. The monoisotopic (exact) mass is 198 g/mol. The minimum atomic E-state index is -0.184. The number of nitrogens with one attached hydrogen (secondary N) is 1. The minimum absolute atomic E-state index is 0.184. The van der Waals surface area contributed by atoms with Gasteiger partial charge >= 0.3 is 0 Å². The molecule has 82 valence electrons. The van der Waals surface area contributed by atoms with Crippen molar-refractivity contribution in [2.45, 2.75) is 50.8 Å². The Morgan fingerprint density at radius 3 is 2.57 bits per heavy atom. The van der Waals surface area contributed by atoms with Gasteiger partial charge in [0, 0.05) is 31.7 Å². The molecule has 0 aromatic heterocycles. The number of nitrogens with zero attached hydrogens (tertiary/aromatic N) is 1. The van der Waals surface area contributed by atoms with E-state index in [1.54, 1.807) is 0 Å². The molecule has 3 heteroatoms. The Kier molecular flexibility index (Phi) is 3.42. The Hall–Kier alpha value is -0.120. The van der Waals surface area contributed by atoms with Crippen molar-refractivity contribution in [1.29, 1.82) is 0 Å². The van der Waals surface area contributed by atoms with Crippen molar-refractivity contribution in [3.63, 3.8) is 0 Å². The highest BCUT2D eigenvalue weighted by Crippen LogP contribution is 2.26. The molecule has 2 rings (SSSR count). The van der Waals surface area contributed by atoms with Crippen LogP contribution in [0, 0.1) is 0 Å². The van der Waals surface area contributed by atoms with Gasteiger partial charge in [-0.1, -0.05) is 0 Å². The van der Waals surface area contributed by atoms with Crippen LogP contribution in [0.25, 0.3) is 0 Å². The first-order chi connectivity index (χ1) is 6.75. The lowest BCUT2D eigenvalue weighted by Crippen LogP contribution is -2.38. The molecule has 2 fully saturated rings. The van der Waals surface area contributed by atoms with E-state index in [9.17, 15) is 5.11 Å². The van der Waals surface area contributed by atoms with Crippen LogP contribution < -0.4 is 5.32 Å². The molecular weight excluding hydrogens is 176 g/mol. The molecular formula is C11H22N2O. The zero-order chi connectivity index (χ0) is 9.97. The van der Waals surface area contributed by atoms with E-state index < -0.39 is 0 Å². The molecule has 0 amide bonds. The van der Waals surface area contributed by atoms with Crippen molar-refractivity contribution in [2.24, 2.45) is 0 Å². The lowest BCUT2D eigenvalue weighted by atomic mass is 10.3. The zero-order valence-corrected chi connectivity index (χ0v) is 9.08.